The summed E-state index contributed by atoms with van der Waals surface area (Å²) in [6.45, 7) is 2.68. The van der Waals surface area contributed by atoms with Crippen LogP contribution in [0.15, 0.2) is 58.1 Å². The highest BCUT2D eigenvalue weighted by Gasteiger charge is 2.25. The van der Waals surface area contributed by atoms with Gasteiger partial charge in [-0.15, -0.1) is 0 Å². The number of fused-ring (bicyclic) bond motifs is 3. The predicted octanol–water partition coefficient (Wildman–Crippen LogP) is 3.18. The largest absolute Gasteiger partial charge is 0.493 e. The van der Waals surface area contributed by atoms with Crippen LogP contribution in [0.25, 0.3) is 28.2 Å². The predicted molar refractivity (Wildman–Crippen MR) is 139 cm³/mol. The van der Waals surface area contributed by atoms with Gasteiger partial charge in [0.25, 0.3) is 5.56 Å². The van der Waals surface area contributed by atoms with Gasteiger partial charge < -0.3 is 14.0 Å². The maximum absolute atomic E-state index is 13.3. The van der Waals surface area contributed by atoms with Crippen LogP contribution in [0.5, 0.6) is 11.5 Å². The van der Waals surface area contributed by atoms with Crippen molar-refractivity contribution in [1.82, 2.24) is 23.1 Å². The minimum absolute atomic E-state index is 0.355. The van der Waals surface area contributed by atoms with Crippen LogP contribution in [0.4, 0.5) is 0 Å². The van der Waals surface area contributed by atoms with E-state index in [0.717, 1.165) is 27.1 Å². The number of aryl methyl sites for hydroxylation is 4. The number of aromatic nitrogens is 5. The monoisotopic (exact) mass is 487 g/mol. The summed E-state index contributed by atoms with van der Waals surface area (Å²) in [5.41, 5.74) is 4.15. The van der Waals surface area contributed by atoms with Crippen molar-refractivity contribution in [2.45, 2.75) is 26.3 Å². The van der Waals surface area contributed by atoms with E-state index in [0.29, 0.717) is 47.8 Å². The first kappa shape index (κ1) is 23.5. The average Bonchev–Trinajstić information content (AvgIpc) is 3.44. The van der Waals surface area contributed by atoms with Gasteiger partial charge in [-0.05, 0) is 30.5 Å². The van der Waals surface area contributed by atoms with Crippen molar-refractivity contribution < 1.29 is 9.47 Å². The third kappa shape index (κ3) is 3.50. The van der Waals surface area contributed by atoms with Crippen LogP contribution in [0.2, 0.25) is 0 Å². The Morgan fingerprint density at radius 3 is 2.31 bits per heavy atom. The summed E-state index contributed by atoms with van der Waals surface area (Å²) in [5, 5.41) is 0. The van der Waals surface area contributed by atoms with Crippen LogP contribution < -0.4 is 20.7 Å². The molecule has 0 aliphatic heterocycles. The van der Waals surface area contributed by atoms with Gasteiger partial charge in [0.15, 0.2) is 22.7 Å². The smallest absolute Gasteiger partial charge is 0.332 e. The number of imidazole rings is 2. The summed E-state index contributed by atoms with van der Waals surface area (Å²) in [7, 11) is 6.39. The van der Waals surface area contributed by atoms with E-state index in [9.17, 15) is 9.59 Å². The van der Waals surface area contributed by atoms with E-state index in [1.54, 1.807) is 21.3 Å². The molecule has 0 fully saturated rings. The lowest BCUT2D eigenvalue weighted by atomic mass is 10.1. The zero-order valence-electron chi connectivity index (χ0n) is 21.1. The normalized spacial score (nSPS) is 11.5. The second-order valence-electron chi connectivity index (χ2n) is 8.73. The van der Waals surface area contributed by atoms with Gasteiger partial charge in [-0.1, -0.05) is 43.3 Å². The molecule has 0 atom stereocenters. The molecule has 5 aromatic rings. The number of nitrogens with zero attached hydrogens (tertiary/aromatic N) is 5. The van der Waals surface area contributed by atoms with Gasteiger partial charge in [-0.25, -0.2) is 4.79 Å². The van der Waals surface area contributed by atoms with Crippen molar-refractivity contribution in [2.24, 2.45) is 14.1 Å². The molecule has 5 rings (SSSR count). The molecule has 0 bridgehead atoms. The first-order valence-electron chi connectivity index (χ1n) is 11.9. The summed E-state index contributed by atoms with van der Waals surface area (Å²) < 4.78 is 17.5. The zero-order chi connectivity index (χ0) is 25.6. The molecule has 0 radical (unpaired) electrons. The highest BCUT2D eigenvalue weighted by Crippen LogP contribution is 2.32. The fourth-order valence-electron chi connectivity index (χ4n) is 4.92. The maximum atomic E-state index is 13.3. The Bertz CT molecular complexity index is 1710. The van der Waals surface area contributed by atoms with Crippen LogP contribution in [-0.2, 0) is 33.5 Å². The number of benzene rings is 2. The Morgan fingerprint density at radius 2 is 1.64 bits per heavy atom. The van der Waals surface area contributed by atoms with Gasteiger partial charge in [0, 0.05) is 26.2 Å². The molecule has 0 saturated carbocycles. The number of ether oxygens (including phenoxy) is 2. The molecule has 9 nitrogen and oxygen atoms in total. The summed E-state index contributed by atoms with van der Waals surface area (Å²) in [4.78, 5) is 30.7. The SMILES string of the molecule is CCc1c(-c2ccccc2)n(CCc2ccc(OC)c(OC)c2)c2nc3c(c(=O)n(C)c(=O)n3C)n12. The Kier molecular flexibility index (Phi) is 5.91. The maximum Gasteiger partial charge on any atom is 0.332 e. The Balaban J connectivity index is 1.77. The van der Waals surface area contributed by atoms with Crippen molar-refractivity contribution in [2.75, 3.05) is 14.2 Å². The summed E-state index contributed by atoms with van der Waals surface area (Å²) in [5.74, 6) is 1.99. The molecule has 0 unspecified atom stereocenters. The molecule has 3 aromatic heterocycles. The van der Waals surface area contributed by atoms with E-state index in [1.165, 1.54) is 11.6 Å². The lowest BCUT2D eigenvalue weighted by molar-refractivity contribution is 0.354. The second kappa shape index (κ2) is 9.07. The van der Waals surface area contributed by atoms with Gasteiger partial charge in [0.05, 0.1) is 25.6 Å². The van der Waals surface area contributed by atoms with Crippen LogP contribution in [0.1, 0.15) is 18.2 Å². The molecule has 9 heteroatoms. The van der Waals surface area contributed by atoms with E-state index in [-0.39, 0.29) is 5.56 Å². The molecule has 0 spiro atoms. The molecule has 0 amide bonds. The molecule has 3 heterocycles. The van der Waals surface area contributed by atoms with Gasteiger partial charge in [0.2, 0.25) is 5.78 Å². The number of hydrogen-bond acceptors (Lipinski definition) is 5. The number of rotatable bonds is 7. The molecular weight excluding hydrogens is 458 g/mol. The van der Waals surface area contributed by atoms with E-state index < -0.39 is 5.69 Å². The minimum Gasteiger partial charge on any atom is -0.493 e. The van der Waals surface area contributed by atoms with E-state index in [2.05, 4.69) is 23.6 Å². The summed E-state index contributed by atoms with van der Waals surface area (Å²) >= 11 is 0. The first-order valence-corrected chi connectivity index (χ1v) is 11.9. The van der Waals surface area contributed by atoms with Crippen LogP contribution in [-0.4, -0.2) is 37.3 Å². The van der Waals surface area contributed by atoms with Gasteiger partial charge in [-0.2, -0.15) is 4.98 Å². The van der Waals surface area contributed by atoms with E-state index in [4.69, 9.17) is 14.5 Å². The third-order valence-electron chi connectivity index (χ3n) is 6.75. The molecule has 36 heavy (non-hydrogen) atoms. The molecule has 0 aliphatic rings. The quantitative estimate of drug-likeness (QED) is 0.352. The number of methoxy groups -OCH3 is 2. The van der Waals surface area contributed by atoms with E-state index >= 15 is 0 Å². The fourth-order valence-corrected chi connectivity index (χ4v) is 4.92. The molecule has 186 valence electrons. The third-order valence-corrected chi connectivity index (χ3v) is 6.75. The lowest BCUT2D eigenvalue weighted by Crippen LogP contribution is -2.37. The van der Waals surface area contributed by atoms with Gasteiger partial charge in [0.1, 0.15) is 0 Å². The van der Waals surface area contributed by atoms with Crippen molar-refractivity contribution in [3.8, 4) is 22.8 Å². The molecule has 0 saturated heterocycles. The topological polar surface area (TPSA) is 84.7 Å². The zero-order valence-corrected chi connectivity index (χ0v) is 21.1. The van der Waals surface area contributed by atoms with Crippen molar-refractivity contribution in [1.29, 1.82) is 0 Å². The Labute approximate surface area is 207 Å². The standard InChI is InChI=1S/C27H29N5O4/c1-6-19-22(18-10-8-7-9-11-18)31(15-14-17-12-13-20(35-4)21(16-17)36-5)26-28-24-23(32(19)26)25(33)30(3)27(34)29(24)2/h7-13,16H,6,14-15H2,1-5H3. The van der Waals surface area contributed by atoms with Crippen molar-refractivity contribution >= 4 is 16.9 Å². The van der Waals surface area contributed by atoms with Crippen LogP contribution in [0, 0.1) is 0 Å². The first-order chi connectivity index (χ1) is 17.4. The highest BCUT2D eigenvalue weighted by molar-refractivity contribution is 5.80. The van der Waals surface area contributed by atoms with Crippen molar-refractivity contribution in [3.05, 3.63) is 80.6 Å². The Morgan fingerprint density at radius 1 is 0.917 bits per heavy atom. The lowest BCUT2D eigenvalue weighted by Gasteiger charge is -2.13. The molecule has 2 aromatic carbocycles. The molecular formula is C27H29N5O4. The van der Waals surface area contributed by atoms with Gasteiger partial charge in [-0.3, -0.25) is 18.3 Å². The molecule has 0 N–H and O–H groups in total. The van der Waals surface area contributed by atoms with Gasteiger partial charge >= 0.3 is 5.69 Å². The van der Waals surface area contributed by atoms with E-state index in [1.807, 2.05) is 40.8 Å². The second-order valence-corrected chi connectivity index (χ2v) is 8.73. The minimum atomic E-state index is -0.397. The van der Waals surface area contributed by atoms with Crippen molar-refractivity contribution in [3.63, 3.8) is 0 Å². The molecule has 0 aliphatic carbocycles. The fraction of sp³-hybridized carbons (Fsp3) is 0.296. The highest BCUT2D eigenvalue weighted by atomic mass is 16.5. The van der Waals surface area contributed by atoms with Crippen LogP contribution >= 0.6 is 0 Å². The Hall–Kier alpha value is -4.27. The average molecular weight is 488 g/mol. The summed E-state index contributed by atoms with van der Waals surface area (Å²) in [6.07, 6.45) is 1.38. The van der Waals surface area contributed by atoms with Crippen LogP contribution in [0.3, 0.4) is 0 Å². The number of hydrogen-bond donors (Lipinski definition) is 0. The summed E-state index contributed by atoms with van der Waals surface area (Å²) in [6, 6.07) is 16.0.